The van der Waals surface area contributed by atoms with E-state index in [1.165, 1.54) is 22.9 Å². The van der Waals surface area contributed by atoms with E-state index in [0.717, 1.165) is 37.1 Å². The Kier molecular flexibility index (Phi) is 6.35. The van der Waals surface area contributed by atoms with Gasteiger partial charge in [0.1, 0.15) is 4.32 Å². The number of aryl methyl sites for hydroxylation is 2. The van der Waals surface area contributed by atoms with Crippen LogP contribution in [0.2, 0.25) is 0 Å². The topological polar surface area (TPSA) is 40.6 Å². The van der Waals surface area contributed by atoms with Crippen LogP contribution in [-0.4, -0.2) is 34.1 Å². The summed E-state index contributed by atoms with van der Waals surface area (Å²) in [5.74, 6) is -0.0771. The predicted molar refractivity (Wildman–Crippen MR) is 127 cm³/mol. The van der Waals surface area contributed by atoms with Crippen molar-refractivity contribution in [2.45, 2.75) is 32.6 Å². The zero-order valence-electron chi connectivity index (χ0n) is 17.0. The van der Waals surface area contributed by atoms with Gasteiger partial charge in [0, 0.05) is 25.2 Å². The Bertz CT molecular complexity index is 1010. The van der Waals surface area contributed by atoms with Crippen molar-refractivity contribution in [3.05, 3.63) is 70.1 Å². The minimum Gasteiger partial charge on any atom is -0.312 e. The van der Waals surface area contributed by atoms with Gasteiger partial charge in [0.25, 0.3) is 5.91 Å². The standard InChI is InChI=1S/C24H24N2O2S2/c1-2-17-9-11-18(12-10-17)16-21-23(28)26(24(29)30-21)15-13-22(27)25-14-5-7-19-6-3-4-8-20(19)25/h3-4,6,8-12,16H,2,5,7,13-15H2,1H3. The number of anilines is 1. The Morgan fingerprint density at radius 3 is 2.70 bits per heavy atom. The summed E-state index contributed by atoms with van der Waals surface area (Å²) < 4.78 is 0.517. The highest BCUT2D eigenvalue weighted by atomic mass is 32.2. The van der Waals surface area contributed by atoms with Crippen LogP contribution in [-0.2, 0) is 22.4 Å². The number of carbonyl (C=O) groups excluding carboxylic acids is 2. The van der Waals surface area contributed by atoms with Crippen molar-refractivity contribution in [1.82, 2.24) is 4.90 Å². The molecular weight excluding hydrogens is 412 g/mol. The zero-order valence-corrected chi connectivity index (χ0v) is 18.6. The average molecular weight is 437 g/mol. The molecule has 2 aliphatic rings. The molecule has 0 atom stereocenters. The number of rotatable bonds is 5. The van der Waals surface area contributed by atoms with Gasteiger partial charge in [-0.2, -0.15) is 0 Å². The summed E-state index contributed by atoms with van der Waals surface area (Å²) in [6.07, 6.45) is 5.08. The maximum absolute atomic E-state index is 12.9. The first-order valence-electron chi connectivity index (χ1n) is 10.3. The summed E-state index contributed by atoms with van der Waals surface area (Å²) >= 11 is 6.73. The maximum Gasteiger partial charge on any atom is 0.266 e. The van der Waals surface area contributed by atoms with E-state index in [1.54, 1.807) is 4.90 Å². The molecule has 0 unspecified atom stereocenters. The highest BCUT2D eigenvalue weighted by Gasteiger charge is 2.33. The molecule has 1 saturated heterocycles. The lowest BCUT2D eigenvalue weighted by atomic mass is 10.0. The lowest BCUT2D eigenvalue weighted by molar-refractivity contribution is -0.123. The van der Waals surface area contributed by atoms with Crippen LogP contribution < -0.4 is 4.90 Å². The third-order valence-corrected chi connectivity index (χ3v) is 6.90. The van der Waals surface area contributed by atoms with Crippen LogP contribution in [0.4, 0.5) is 5.69 Å². The van der Waals surface area contributed by atoms with Crippen molar-refractivity contribution in [2.75, 3.05) is 18.0 Å². The monoisotopic (exact) mass is 436 g/mol. The maximum atomic E-state index is 12.9. The van der Waals surface area contributed by atoms with E-state index in [-0.39, 0.29) is 18.2 Å². The molecule has 0 radical (unpaired) electrons. The predicted octanol–water partition coefficient (Wildman–Crippen LogP) is 4.82. The van der Waals surface area contributed by atoms with Gasteiger partial charge in [-0.1, -0.05) is 73.4 Å². The van der Waals surface area contributed by atoms with Gasteiger partial charge in [-0.3, -0.25) is 14.5 Å². The second-order valence-corrected chi connectivity index (χ2v) is 9.13. The first kappa shape index (κ1) is 20.8. The number of hydrogen-bond donors (Lipinski definition) is 0. The van der Waals surface area contributed by atoms with Crippen LogP contribution >= 0.6 is 24.0 Å². The number of fused-ring (bicyclic) bond motifs is 1. The van der Waals surface area contributed by atoms with Gasteiger partial charge >= 0.3 is 0 Å². The number of nitrogens with zero attached hydrogens (tertiary/aromatic N) is 2. The molecule has 4 rings (SSSR count). The van der Waals surface area contributed by atoms with Crippen molar-refractivity contribution in [1.29, 1.82) is 0 Å². The highest BCUT2D eigenvalue weighted by molar-refractivity contribution is 8.26. The molecule has 2 aliphatic heterocycles. The van der Waals surface area contributed by atoms with Gasteiger partial charge in [0.15, 0.2) is 0 Å². The second-order valence-electron chi connectivity index (χ2n) is 7.46. The number of thiocarbonyl (C=S) groups is 1. The minimum absolute atomic E-state index is 0.0373. The Morgan fingerprint density at radius 2 is 1.93 bits per heavy atom. The molecule has 2 heterocycles. The Morgan fingerprint density at radius 1 is 1.17 bits per heavy atom. The van der Waals surface area contributed by atoms with Gasteiger partial charge in [-0.05, 0) is 48.1 Å². The molecule has 0 N–H and O–H groups in total. The molecule has 0 aliphatic carbocycles. The van der Waals surface area contributed by atoms with Crippen LogP contribution in [0.15, 0.2) is 53.4 Å². The number of amides is 2. The summed E-state index contributed by atoms with van der Waals surface area (Å²) in [6.45, 7) is 3.15. The normalized spacial score (nSPS) is 17.6. The summed E-state index contributed by atoms with van der Waals surface area (Å²) in [5.41, 5.74) is 4.44. The first-order valence-corrected chi connectivity index (χ1v) is 11.5. The van der Waals surface area contributed by atoms with Gasteiger partial charge in [-0.25, -0.2) is 0 Å². The SMILES string of the molecule is CCc1ccc(C=C2SC(=S)N(CCC(=O)N3CCCc4ccccc43)C2=O)cc1. The van der Waals surface area contributed by atoms with Crippen molar-refractivity contribution in [3.8, 4) is 0 Å². The van der Waals surface area contributed by atoms with Crippen LogP contribution in [0.5, 0.6) is 0 Å². The minimum atomic E-state index is -0.114. The summed E-state index contributed by atoms with van der Waals surface area (Å²) in [4.78, 5) is 29.8. The highest BCUT2D eigenvalue weighted by Crippen LogP contribution is 2.33. The van der Waals surface area contributed by atoms with Crippen molar-refractivity contribution in [3.63, 3.8) is 0 Å². The summed E-state index contributed by atoms with van der Waals surface area (Å²) in [6, 6.07) is 16.2. The average Bonchev–Trinajstić information content (AvgIpc) is 3.04. The van der Waals surface area contributed by atoms with Crippen LogP contribution in [0, 0.1) is 0 Å². The number of hydrogen-bond acceptors (Lipinski definition) is 4. The molecular formula is C24H24N2O2S2. The van der Waals surface area contributed by atoms with E-state index >= 15 is 0 Å². The van der Waals surface area contributed by atoms with Gasteiger partial charge in [0.05, 0.1) is 4.91 Å². The van der Waals surface area contributed by atoms with E-state index in [2.05, 4.69) is 25.1 Å². The van der Waals surface area contributed by atoms with Crippen molar-refractivity contribution in [2.24, 2.45) is 0 Å². The third kappa shape index (κ3) is 4.35. The van der Waals surface area contributed by atoms with E-state index in [1.807, 2.05) is 41.3 Å². The molecule has 0 aromatic heterocycles. The lowest BCUT2D eigenvalue weighted by Gasteiger charge is -2.30. The zero-order chi connectivity index (χ0) is 21.1. The van der Waals surface area contributed by atoms with Crippen molar-refractivity contribution < 1.29 is 9.59 Å². The fourth-order valence-electron chi connectivity index (χ4n) is 3.83. The van der Waals surface area contributed by atoms with Gasteiger partial charge in [-0.15, -0.1) is 0 Å². The summed E-state index contributed by atoms with van der Waals surface area (Å²) in [7, 11) is 0. The molecule has 154 valence electrons. The molecule has 2 amide bonds. The Balaban J connectivity index is 1.41. The quantitative estimate of drug-likeness (QED) is 0.498. The number of benzene rings is 2. The Hall–Kier alpha value is -2.44. The van der Waals surface area contributed by atoms with E-state index < -0.39 is 0 Å². The Labute approximate surface area is 186 Å². The molecule has 1 fully saturated rings. The fourth-order valence-corrected chi connectivity index (χ4v) is 5.14. The van der Waals surface area contributed by atoms with E-state index in [0.29, 0.717) is 15.8 Å². The van der Waals surface area contributed by atoms with E-state index in [9.17, 15) is 9.59 Å². The molecule has 2 aromatic rings. The van der Waals surface area contributed by atoms with Crippen LogP contribution in [0.1, 0.15) is 36.5 Å². The first-order chi connectivity index (χ1) is 14.6. The van der Waals surface area contributed by atoms with Crippen LogP contribution in [0.25, 0.3) is 6.08 Å². The molecule has 6 heteroatoms. The number of carbonyl (C=O) groups is 2. The molecule has 2 aromatic carbocycles. The molecule has 0 spiro atoms. The lowest BCUT2D eigenvalue weighted by Crippen LogP contribution is -2.38. The molecule has 0 bridgehead atoms. The van der Waals surface area contributed by atoms with Crippen molar-refractivity contribution >= 4 is 51.9 Å². The third-order valence-electron chi connectivity index (χ3n) is 5.52. The summed E-state index contributed by atoms with van der Waals surface area (Å²) in [5, 5.41) is 0. The largest absolute Gasteiger partial charge is 0.312 e. The number of para-hydroxylation sites is 1. The van der Waals surface area contributed by atoms with E-state index in [4.69, 9.17) is 12.2 Å². The van der Waals surface area contributed by atoms with Gasteiger partial charge < -0.3 is 4.90 Å². The molecule has 0 saturated carbocycles. The fraction of sp³-hybridized carbons (Fsp3) is 0.292. The molecule has 4 nitrogen and oxygen atoms in total. The molecule has 30 heavy (non-hydrogen) atoms. The number of thioether (sulfide) groups is 1. The second kappa shape index (κ2) is 9.14. The van der Waals surface area contributed by atoms with Crippen LogP contribution in [0.3, 0.4) is 0 Å². The van der Waals surface area contributed by atoms with Gasteiger partial charge in [0.2, 0.25) is 5.91 Å². The smallest absolute Gasteiger partial charge is 0.266 e.